The average Bonchev–Trinajstić information content (AvgIpc) is 3.59. The summed E-state index contributed by atoms with van der Waals surface area (Å²) in [5, 5.41) is 6.69. The Labute approximate surface area is 243 Å². The number of halogens is 3. The van der Waals surface area contributed by atoms with Crippen LogP contribution in [0.4, 0.5) is 24.5 Å². The maximum atomic E-state index is 13.7. The number of rotatable bonds is 5. The van der Waals surface area contributed by atoms with Gasteiger partial charge in [0.25, 0.3) is 11.5 Å². The van der Waals surface area contributed by atoms with E-state index in [1.165, 1.54) is 13.0 Å². The SMILES string of the molecule is CC(=O)Oc1ccccc1-c1nc2sc(=C3C(=O)N(CC(=O)Nc4cccc(C(F)(F)F)c4)c4ccccc43)c(=O)n2n1. The number of hydrogen-bond donors (Lipinski definition) is 1. The Kier molecular flexibility index (Phi) is 6.77. The van der Waals surface area contributed by atoms with Gasteiger partial charge in [0.05, 0.1) is 22.4 Å². The Balaban J connectivity index is 1.35. The molecule has 3 heterocycles. The van der Waals surface area contributed by atoms with Crippen LogP contribution >= 0.6 is 11.3 Å². The Hall–Kier alpha value is -5.37. The lowest BCUT2D eigenvalue weighted by molar-refractivity contribution is -0.137. The van der Waals surface area contributed by atoms with Crippen molar-refractivity contribution in [1.29, 1.82) is 0 Å². The molecule has 1 N–H and O–H groups in total. The number of ether oxygens (including phenoxy) is 1. The molecule has 0 bridgehead atoms. The van der Waals surface area contributed by atoms with Gasteiger partial charge in [-0.05, 0) is 36.4 Å². The van der Waals surface area contributed by atoms with Crippen molar-refractivity contribution < 1.29 is 32.3 Å². The molecule has 1 aliphatic rings. The van der Waals surface area contributed by atoms with E-state index in [2.05, 4.69) is 15.4 Å². The number of hydrogen-bond acceptors (Lipinski definition) is 8. The van der Waals surface area contributed by atoms with Crippen LogP contribution < -0.4 is 25.0 Å². The van der Waals surface area contributed by atoms with Crippen LogP contribution in [0.5, 0.6) is 5.75 Å². The number of benzene rings is 3. The van der Waals surface area contributed by atoms with Crippen molar-refractivity contribution in [1.82, 2.24) is 14.6 Å². The van der Waals surface area contributed by atoms with Crippen molar-refractivity contribution in [2.45, 2.75) is 13.1 Å². The summed E-state index contributed by atoms with van der Waals surface area (Å²) in [4.78, 5) is 57.3. The van der Waals surface area contributed by atoms with Crippen LogP contribution in [-0.4, -0.2) is 38.9 Å². The predicted octanol–water partition coefficient (Wildman–Crippen LogP) is 3.67. The molecule has 0 saturated heterocycles. The van der Waals surface area contributed by atoms with Crippen molar-refractivity contribution in [2.24, 2.45) is 0 Å². The van der Waals surface area contributed by atoms with E-state index in [-0.39, 0.29) is 32.3 Å². The first-order valence-electron chi connectivity index (χ1n) is 12.6. The van der Waals surface area contributed by atoms with Crippen LogP contribution in [0.25, 0.3) is 21.9 Å². The number of amides is 2. The molecule has 10 nitrogen and oxygen atoms in total. The largest absolute Gasteiger partial charge is 0.426 e. The third-order valence-electron chi connectivity index (χ3n) is 6.46. The van der Waals surface area contributed by atoms with Gasteiger partial charge in [-0.25, -0.2) is 0 Å². The Morgan fingerprint density at radius 2 is 1.70 bits per heavy atom. The van der Waals surface area contributed by atoms with Crippen molar-refractivity contribution >= 4 is 51.0 Å². The second kappa shape index (κ2) is 10.5. The second-order valence-corrected chi connectivity index (χ2v) is 10.3. The highest BCUT2D eigenvalue weighted by atomic mass is 32.1. The molecule has 0 saturated carbocycles. The third kappa shape index (κ3) is 5.12. The molecule has 1 aliphatic heterocycles. The molecule has 0 radical (unpaired) electrons. The van der Waals surface area contributed by atoms with Gasteiger partial charge in [-0.2, -0.15) is 22.7 Å². The fourth-order valence-electron chi connectivity index (χ4n) is 4.67. The normalized spacial score (nSPS) is 14.2. The minimum absolute atomic E-state index is 0.0478. The minimum Gasteiger partial charge on any atom is -0.426 e. The van der Waals surface area contributed by atoms with Crippen molar-refractivity contribution in [3.8, 4) is 17.1 Å². The molecule has 43 heavy (non-hydrogen) atoms. The smallest absolute Gasteiger partial charge is 0.416 e. The number of esters is 1. The summed E-state index contributed by atoms with van der Waals surface area (Å²) in [5.74, 6) is -1.55. The van der Waals surface area contributed by atoms with E-state index in [1.807, 2.05) is 0 Å². The van der Waals surface area contributed by atoms with Crippen LogP contribution in [0.1, 0.15) is 18.1 Å². The van der Waals surface area contributed by atoms with Crippen LogP contribution in [0.2, 0.25) is 0 Å². The van der Waals surface area contributed by atoms with Gasteiger partial charge in [-0.15, -0.1) is 5.10 Å². The number of aromatic nitrogens is 3. The fraction of sp³-hybridized carbons (Fsp3) is 0.103. The molecule has 3 aromatic carbocycles. The van der Waals surface area contributed by atoms with E-state index < -0.39 is 41.6 Å². The number of nitrogens with zero attached hydrogens (tertiary/aromatic N) is 4. The fourth-order valence-corrected chi connectivity index (χ4v) is 5.67. The maximum Gasteiger partial charge on any atom is 0.416 e. The number of fused-ring (bicyclic) bond motifs is 2. The summed E-state index contributed by atoms with van der Waals surface area (Å²) in [6, 6.07) is 17.3. The van der Waals surface area contributed by atoms with Gasteiger partial charge >= 0.3 is 12.1 Å². The Bertz CT molecular complexity index is 2070. The number of para-hydroxylation sites is 2. The molecule has 6 rings (SSSR count). The predicted molar refractivity (Wildman–Crippen MR) is 150 cm³/mol. The lowest BCUT2D eigenvalue weighted by Gasteiger charge is -2.17. The number of alkyl halides is 3. The molecule has 2 aromatic heterocycles. The van der Waals surface area contributed by atoms with E-state index in [0.29, 0.717) is 16.8 Å². The topological polar surface area (TPSA) is 123 Å². The maximum absolute atomic E-state index is 13.7. The number of carbonyl (C=O) groups excluding carboxylic acids is 3. The van der Waals surface area contributed by atoms with Gasteiger partial charge in [0.2, 0.25) is 10.9 Å². The molecule has 0 fully saturated rings. The van der Waals surface area contributed by atoms with Crippen LogP contribution in [-0.2, 0) is 20.6 Å². The van der Waals surface area contributed by atoms with Crippen molar-refractivity contribution in [2.75, 3.05) is 16.8 Å². The van der Waals surface area contributed by atoms with Gasteiger partial charge in [0.1, 0.15) is 16.8 Å². The van der Waals surface area contributed by atoms with Crippen molar-refractivity contribution in [3.05, 3.63) is 98.8 Å². The summed E-state index contributed by atoms with van der Waals surface area (Å²) in [6.45, 7) is 0.742. The highest BCUT2D eigenvalue weighted by molar-refractivity contribution is 7.15. The van der Waals surface area contributed by atoms with Crippen molar-refractivity contribution in [3.63, 3.8) is 0 Å². The number of anilines is 2. The van der Waals surface area contributed by atoms with E-state index in [4.69, 9.17) is 4.74 Å². The second-order valence-electron chi connectivity index (χ2n) is 9.37. The zero-order valence-electron chi connectivity index (χ0n) is 22.0. The van der Waals surface area contributed by atoms with Crippen LogP contribution in [0, 0.1) is 0 Å². The minimum atomic E-state index is -4.59. The molecule has 2 amide bonds. The van der Waals surface area contributed by atoms with Gasteiger partial charge in [-0.3, -0.25) is 24.1 Å². The van der Waals surface area contributed by atoms with Gasteiger partial charge in [0, 0.05) is 18.2 Å². The zero-order valence-corrected chi connectivity index (χ0v) is 22.8. The molecule has 5 aromatic rings. The summed E-state index contributed by atoms with van der Waals surface area (Å²) < 4.78 is 45.6. The molecule has 14 heteroatoms. The highest BCUT2D eigenvalue weighted by Crippen LogP contribution is 2.36. The zero-order chi connectivity index (χ0) is 30.5. The quantitative estimate of drug-likeness (QED) is 0.240. The third-order valence-corrected chi connectivity index (χ3v) is 7.49. The molecular weight excluding hydrogens is 587 g/mol. The van der Waals surface area contributed by atoms with Crippen LogP contribution in [0.3, 0.4) is 0 Å². The summed E-state index contributed by atoms with van der Waals surface area (Å²) in [7, 11) is 0. The molecule has 0 spiro atoms. The lowest BCUT2D eigenvalue weighted by Crippen LogP contribution is -2.37. The average molecular weight is 606 g/mol. The molecule has 0 aliphatic carbocycles. The summed E-state index contributed by atoms with van der Waals surface area (Å²) >= 11 is 0.929. The van der Waals surface area contributed by atoms with E-state index in [0.717, 1.165) is 39.0 Å². The van der Waals surface area contributed by atoms with E-state index in [9.17, 15) is 32.3 Å². The van der Waals surface area contributed by atoms with E-state index in [1.54, 1.807) is 48.5 Å². The van der Waals surface area contributed by atoms with Crippen LogP contribution in [0.15, 0.2) is 77.6 Å². The molecule has 0 atom stereocenters. The Morgan fingerprint density at radius 3 is 2.42 bits per heavy atom. The standard InChI is InChI=1S/C29H18F3N5O5S/c1-15(38)42-21-12-5-3-10-19(21)25-34-28-37(35-25)27(41)24(43-28)23-18-9-2-4-11-20(18)36(26(23)40)14-22(39)33-17-8-6-7-16(13-17)29(30,31)32/h2-13H,14H2,1H3,(H,33,39). The molecule has 216 valence electrons. The first-order valence-corrected chi connectivity index (χ1v) is 13.4. The first kappa shape index (κ1) is 27.8. The highest BCUT2D eigenvalue weighted by Gasteiger charge is 2.36. The summed E-state index contributed by atoms with van der Waals surface area (Å²) in [6.07, 6.45) is -4.59. The monoisotopic (exact) mass is 605 g/mol. The number of thiazole rings is 1. The molecular formula is C29H18F3N5O5S. The first-order chi connectivity index (χ1) is 20.5. The Morgan fingerprint density at radius 1 is 0.977 bits per heavy atom. The summed E-state index contributed by atoms with van der Waals surface area (Å²) in [5.41, 5.74) is -0.424. The number of nitrogens with one attached hydrogen (secondary N) is 1. The van der Waals surface area contributed by atoms with Gasteiger partial charge in [-0.1, -0.05) is 47.7 Å². The van der Waals surface area contributed by atoms with Gasteiger partial charge < -0.3 is 10.1 Å². The van der Waals surface area contributed by atoms with Gasteiger partial charge in [0.15, 0.2) is 5.82 Å². The lowest BCUT2D eigenvalue weighted by atomic mass is 10.1. The van der Waals surface area contributed by atoms with E-state index >= 15 is 0 Å². The number of carbonyl (C=O) groups is 3. The molecule has 0 unspecified atom stereocenters.